The average molecular weight is 481 g/mol. The SMILES string of the molecule is O=C(NCc1ccccc1)N1CCC(CNc2nccc(-c3cn4c5c(cccc35)CCC4)n2)CC1. The lowest BCUT2D eigenvalue weighted by Gasteiger charge is -2.32. The molecule has 2 N–H and O–H groups in total. The zero-order valence-corrected chi connectivity index (χ0v) is 20.5. The molecule has 2 aliphatic rings. The Bertz CT molecular complexity index is 1360. The highest BCUT2D eigenvalue weighted by molar-refractivity contribution is 5.97. The van der Waals surface area contributed by atoms with Gasteiger partial charge in [-0.25, -0.2) is 14.8 Å². The highest BCUT2D eigenvalue weighted by atomic mass is 16.2. The molecule has 0 unspecified atom stereocenters. The first-order valence-electron chi connectivity index (χ1n) is 13.0. The van der Waals surface area contributed by atoms with E-state index in [1.165, 1.54) is 28.5 Å². The summed E-state index contributed by atoms with van der Waals surface area (Å²) in [6.45, 7) is 3.99. The Hall–Kier alpha value is -3.87. The Morgan fingerprint density at radius 1 is 1.00 bits per heavy atom. The van der Waals surface area contributed by atoms with Crippen LogP contribution < -0.4 is 10.6 Å². The molecule has 2 aliphatic heterocycles. The number of urea groups is 1. The van der Waals surface area contributed by atoms with E-state index in [1.54, 1.807) is 0 Å². The Morgan fingerprint density at radius 2 is 1.86 bits per heavy atom. The van der Waals surface area contributed by atoms with E-state index in [9.17, 15) is 4.79 Å². The lowest BCUT2D eigenvalue weighted by Crippen LogP contribution is -2.45. The fraction of sp³-hybridized carbons (Fsp3) is 0.345. The van der Waals surface area contributed by atoms with E-state index in [-0.39, 0.29) is 6.03 Å². The quantitative estimate of drug-likeness (QED) is 0.404. The monoisotopic (exact) mass is 480 g/mol. The Morgan fingerprint density at radius 3 is 2.72 bits per heavy atom. The van der Waals surface area contributed by atoms with Crippen molar-refractivity contribution in [2.45, 2.75) is 38.8 Å². The minimum atomic E-state index is 0.0209. The summed E-state index contributed by atoms with van der Waals surface area (Å²) in [5, 5.41) is 7.77. The van der Waals surface area contributed by atoms with Crippen LogP contribution in [0.25, 0.3) is 22.2 Å². The van der Waals surface area contributed by atoms with Crippen LogP contribution in [0.2, 0.25) is 0 Å². The van der Waals surface area contributed by atoms with E-state index in [4.69, 9.17) is 4.98 Å². The molecule has 1 fully saturated rings. The molecule has 4 heterocycles. The molecule has 0 aliphatic carbocycles. The Kier molecular flexibility index (Phi) is 6.28. The molecule has 0 spiro atoms. The van der Waals surface area contributed by atoms with Gasteiger partial charge in [0.1, 0.15) is 0 Å². The number of nitrogens with zero attached hydrogens (tertiary/aromatic N) is 4. The van der Waals surface area contributed by atoms with Crippen molar-refractivity contribution in [3.63, 3.8) is 0 Å². The number of aryl methyl sites for hydroxylation is 2. The maximum absolute atomic E-state index is 12.5. The molecule has 4 aromatic rings. The summed E-state index contributed by atoms with van der Waals surface area (Å²) in [6.07, 6.45) is 8.37. The first kappa shape index (κ1) is 22.6. The van der Waals surface area contributed by atoms with Gasteiger partial charge in [-0.1, -0.05) is 48.5 Å². The molecule has 0 bridgehead atoms. The molecular weight excluding hydrogens is 448 g/mol. The summed E-state index contributed by atoms with van der Waals surface area (Å²) in [4.78, 5) is 23.8. The Labute approximate surface area is 211 Å². The number of hydrogen-bond acceptors (Lipinski definition) is 4. The normalized spacial score (nSPS) is 15.7. The maximum Gasteiger partial charge on any atom is 0.317 e. The standard InChI is InChI=1S/C29H32N6O/c36-29(32-19-21-6-2-1-3-7-21)34-16-12-22(13-17-34)18-31-28-30-14-11-26(33-28)25-20-35-15-5-9-23-8-4-10-24(25)27(23)35/h1-4,6-8,10-11,14,20,22H,5,9,12-13,15-19H2,(H,32,36)(H,30,31,33). The predicted octanol–water partition coefficient (Wildman–Crippen LogP) is 5.08. The highest BCUT2D eigenvalue weighted by Crippen LogP contribution is 2.34. The number of para-hydroxylation sites is 1. The topological polar surface area (TPSA) is 75.1 Å². The van der Waals surface area contributed by atoms with Gasteiger partial charge in [-0.2, -0.15) is 0 Å². The van der Waals surface area contributed by atoms with Crippen molar-refractivity contribution in [1.82, 2.24) is 24.8 Å². The van der Waals surface area contributed by atoms with Crippen LogP contribution in [-0.4, -0.2) is 45.1 Å². The molecule has 6 rings (SSSR count). The van der Waals surface area contributed by atoms with Crippen LogP contribution in [0.1, 0.15) is 30.4 Å². The third kappa shape index (κ3) is 4.65. The minimum absolute atomic E-state index is 0.0209. The van der Waals surface area contributed by atoms with Gasteiger partial charge in [0.25, 0.3) is 0 Å². The number of carbonyl (C=O) groups excluding carboxylic acids is 1. The first-order chi connectivity index (χ1) is 17.7. The van der Waals surface area contributed by atoms with Crippen molar-refractivity contribution in [2.24, 2.45) is 5.92 Å². The number of nitrogens with one attached hydrogen (secondary N) is 2. The number of amides is 2. The second kappa shape index (κ2) is 10.0. The zero-order chi connectivity index (χ0) is 24.3. The minimum Gasteiger partial charge on any atom is -0.354 e. The van der Waals surface area contributed by atoms with Crippen LogP contribution in [0.3, 0.4) is 0 Å². The fourth-order valence-electron chi connectivity index (χ4n) is 5.51. The van der Waals surface area contributed by atoms with Crippen LogP contribution >= 0.6 is 0 Å². The molecule has 184 valence electrons. The summed E-state index contributed by atoms with van der Waals surface area (Å²) >= 11 is 0. The van der Waals surface area contributed by atoms with E-state index >= 15 is 0 Å². The van der Waals surface area contributed by atoms with E-state index in [0.717, 1.165) is 56.7 Å². The van der Waals surface area contributed by atoms with Gasteiger partial charge >= 0.3 is 6.03 Å². The van der Waals surface area contributed by atoms with Crippen LogP contribution in [0.4, 0.5) is 10.7 Å². The number of aromatic nitrogens is 3. The molecule has 2 aromatic heterocycles. The number of benzene rings is 2. The average Bonchev–Trinajstić information content (AvgIpc) is 3.32. The summed E-state index contributed by atoms with van der Waals surface area (Å²) in [5.74, 6) is 1.16. The van der Waals surface area contributed by atoms with Gasteiger partial charge in [-0.05, 0) is 48.8 Å². The van der Waals surface area contributed by atoms with Gasteiger partial charge in [0, 0.05) is 56.1 Å². The van der Waals surface area contributed by atoms with Crippen molar-refractivity contribution in [2.75, 3.05) is 25.0 Å². The highest BCUT2D eigenvalue weighted by Gasteiger charge is 2.23. The molecule has 36 heavy (non-hydrogen) atoms. The zero-order valence-electron chi connectivity index (χ0n) is 20.5. The smallest absolute Gasteiger partial charge is 0.317 e. The second-order valence-electron chi connectivity index (χ2n) is 9.87. The lowest BCUT2D eigenvalue weighted by atomic mass is 9.97. The third-order valence-electron chi connectivity index (χ3n) is 7.50. The van der Waals surface area contributed by atoms with Gasteiger partial charge in [0.15, 0.2) is 0 Å². The first-order valence-corrected chi connectivity index (χ1v) is 13.0. The number of likely N-dealkylation sites (tertiary alicyclic amines) is 1. The summed E-state index contributed by atoms with van der Waals surface area (Å²) < 4.78 is 2.38. The van der Waals surface area contributed by atoms with Gasteiger partial charge < -0.3 is 20.1 Å². The number of piperidine rings is 1. The maximum atomic E-state index is 12.5. The van der Waals surface area contributed by atoms with Crippen molar-refractivity contribution in [1.29, 1.82) is 0 Å². The molecule has 0 atom stereocenters. The summed E-state index contributed by atoms with van der Waals surface area (Å²) in [5.41, 5.74) is 6.03. The van der Waals surface area contributed by atoms with Gasteiger partial charge in [0.05, 0.1) is 11.2 Å². The van der Waals surface area contributed by atoms with E-state index in [1.807, 2.05) is 47.5 Å². The number of rotatable bonds is 6. The lowest BCUT2D eigenvalue weighted by molar-refractivity contribution is 0.172. The van der Waals surface area contributed by atoms with Crippen molar-refractivity contribution >= 4 is 22.9 Å². The van der Waals surface area contributed by atoms with Crippen molar-refractivity contribution in [3.8, 4) is 11.3 Å². The molecule has 0 saturated carbocycles. The molecule has 1 saturated heterocycles. The van der Waals surface area contributed by atoms with Gasteiger partial charge in [-0.3, -0.25) is 0 Å². The molecule has 0 radical (unpaired) electrons. The van der Waals surface area contributed by atoms with Crippen LogP contribution in [0.15, 0.2) is 67.0 Å². The molecular formula is C29H32N6O. The predicted molar refractivity (Wildman–Crippen MR) is 143 cm³/mol. The molecule has 7 heteroatoms. The molecule has 2 amide bonds. The second-order valence-corrected chi connectivity index (χ2v) is 9.87. The number of carbonyl (C=O) groups is 1. The van der Waals surface area contributed by atoms with Crippen molar-refractivity contribution in [3.05, 3.63) is 78.1 Å². The molecule has 7 nitrogen and oxygen atoms in total. The fourth-order valence-corrected chi connectivity index (χ4v) is 5.51. The largest absolute Gasteiger partial charge is 0.354 e. The number of anilines is 1. The van der Waals surface area contributed by atoms with Crippen molar-refractivity contribution < 1.29 is 4.79 Å². The summed E-state index contributed by atoms with van der Waals surface area (Å²) in [7, 11) is 0. The van der Waals surface area contributed by atoms with Gasteiger partial charge in [-0.15, -0.1) is 0 Å². The van der Waals surface area contributed by atoms with Gasteiger partial charge in [0.2, 0.25) is 5.95 Å². The van der Waals surface area contributed by atoms with E-state index in [2.05, 4.69) is 44.6 Å². The van der Waals surface area contributed by atoms with E-state index in [0.29, 0.717) is 18.4 Å². The van der Waals surface area contributed by atoms with E-state index < -0.39 is 0 Å². The number of hydrogen-bond donors (Lipinski definition) is 2. The van der Waals surface area contributed by atoms with Crippen LogP contribution in [0, 0.1) is 5.92 Å². The van der Waals surface area contributed by atoms with Crippen LogP contribution in [-0.2, 0) is 19.5 Å². The van der Waals surface area contributed by atoms with Crippen LogP contribution in [0.5, 0.6) is 0 Å². The summed E-state index contributed by atoms with van der Waals surface area (Å²) in [6, 6.07) is 18.7. The molecule has 2 aromatic carbocycles. The Balaban J connectivity index is 1.04. The third-order valence-corrected chi connectivity index (χ3v) is 7.50.